The molecule has 0 aliphatic heterocycles. The van der Waals surface area contributed by atoms with Gasteiger partial charge in [0.25, 0.3) is 0 Å². The van der Waals surface area contributed by atoms with Crippen molar-refractivity contribution in [3.8, 4) is 22.6 Å². The largest absolute Gasteiger partial charge is 0.506 e. The first-order chi connectivity index (χ1) is 36.8. The summed E-state index contributed by atoms with van der Waals surface area (Å²) >= 11 is 4.40. The molecule has 0 aliphatic carbocycles. The summed E-state index contributed by atoms with van der Waals surface area (Å²) in [4.78, 5) is 4.68. The van der Waals surface area contributed by atoms with Crippen molar-refractivity contribution in [3.05, 3.63) is 238 Å². The number of para-hydroxylation sites is 2. The molecule has 10 aromatic rings. The number of aromatic hydroxyl groups is 1. The Bertz CT molecular complexity index is 3810. The van der Waals surface area contributed by atoms with Crippen molar-refractivity contribution < 1.29 is 5.11 Å². The average Bonchev–Trinajstić information content (AvgIpc) is 3.77. The smallest absolute Gasteiger partial charge is 0.139 e. The highest BCUT2D eigenvalue weighted by Gasteiger charge is 2.34. The van der Waals surface area contributed by atoms with Crippen molar-refractivity contribution in [1.82, 2.24) is 4.57 Å². The molecule has 78 heavy (non-hydrogen) atoms. The normalized spacial score (nSPS) is 12.6. The van der Waals surface area contributed by atoms with Gasteiger partial charge in [0.2, 0.25) is 0 Å². The van der Waals surface area contributed by atoms with Crippen molar-refractivity contribution in [2.75, 3.05) is 9.80 Å². The molecule has 5 heteroatoms. The third-order valence-electron chi connectivity index (χ3n) is 15.9. The molecule has 0 unspecified atom stereocenters. The lowest BCUT2D eigenvalue weighted by atomic mass is 9.75. The van der Waals surface area contributed by atoms with Crippen LogP contribution < -0.4 is 9.80 Å². The molecule has 0 bridgehead atoms. The number of nitrogens with zero attached hydrogens (tertiary/aromatic N) is 3. The molecule has 1 heterocycles. The van der Waals surface area contributed by atoms with E-state index in [1.807, 2.05) is 12.1 Å². The van der Waals surface area contributed by atoms with Crippen LogP contribution in [0.5, 0.6) is 5.75 Å². The zero-order chi connectivity index (χ0) is 55.7. The van der Waals surface area contributed by atoms with Gasteiger partial charge in [-0.3, -0.25) is 0 Å². The first kappa shape index (κ1) is 54.0. The van der Waals surface area contributed by atoms with Gasteiger partial charge in [0.05, 0.1) is 28.1 Å². The van der Waals surface area contributed by atoms with Gasteiger partial charge in [-0.1, -0.05) is 206 Å². The number of halogens is 1. The predicted molar refractivity (Wildman–Crippen MR) is 338 cm³/mol. The Balaban J connectivity index is 1.20. The Kier molecular flexibility index (Phi) is 14.0. The molecule has 0 fully saturated rings. The van der Waals surface area contributed by atoms with Gasteiger partial charge >= 0.3 is 0 Å². The maximum Gasteiger partial charge on any atom is 0.139 e. The summed E-state index contributed by atoms with van der Waals surface area (Å²) in [6, 6.07) is 72.8. The lowest BCUT2D eigenvalue weighted by Gasteiger charge is -2.36. The number of fused-ring (bicyclic) bond motifs is 3. The van der Waals surface area contributed by atoms with E-state index < -0.39 is 5.41 Å². The van der Waals surface area contributed by atoms with E-state index in [0.717, 1.165) is 66.4 Å². The molecular weight excluding hydrogens is 1010 g/mol. The third-order valence-corrected chi connectivity index (χ3v) is 16.7. The number of aromatic nitrogens is 1. The maximum atomic E-state index is 12.3. The molecule has 0 aliphatic rings. The Morgan fingerprint density at radius 1 is 0.372 bits per heavy atom. The lowest BCUT2D eigenvalue weighted by Crippen LogP contribution is -2.24. The zero-order valence-corrected chi connectivity index (χ0v) is 49.8. The predicted octanol–water partition coefficient (Wildman–Crippen LogP) is 21.4. The number of rotatable bonds is 10. The number of phenolic OH excluding ortho intramolecular Hbond substituents is 1. The minimum absolute atomic E-state index is 0.00556. The van der Waals surface area contributed by atoms with E-state index in [0.29, 0.717) is 5.69 Å². The molecule has 9 aromatic carbocycles. The van der Waals surface area contributed by atoms with Crippen LogP contribution in [0.4, 0.5) is 34.1 Å². The van der Waals surface area contributed by atoms with E-state index in [1.54, 1.807) is 0 Å². The van der Waals surface area contributed by atoms with Crippen LogP contribution in [0.3, 0.4) is 0 Å². The van der Waals surface area contributed by atoms with Crippen molar-refractivity contribution in [2.45, 2.75) is 124 Å². The fourth-order valence-electron chi connectivity index (χ4n) is 10.9. The molecule has 0 amide bonds. The summed E-state index contributed by atoms with van der Waals surface area (Å²) in [7, 11) is 0. The van der Waals surface area contributed by atoms with Crippen LogP contribution >= 0.6 is 15.9 Å². The Hall–Kier alpha value is -7.34. The van der Waals surface area contributed by atoms with Gasteiger partial charge in [-0.2, -0.15) is 0 Å². The monoisotopic (exact) mass is 1090 g/mol. The molecule has 0 spiro atoms. The van der Waals surface area contributed by atoms with Crippen LogP contribution in [-0.2, 0) is 27.1 Å². The number of phenols is 1. The van der Waals surface area contributed by atoms with Gasteiger partial charge in [-0.05, 0) is 168 Å². The van der Waals surface area contributed by atoms with Crippen LogP contribution in [0.25, 0.3) is 38.6 Å². The topological polar surface area (TPSA) is 31.6 Å². The standard InChI is InChI=1S/C73H76BrN3O/c1-69(2,3)49-30-35-56(36-31-49)75(57-37-38-58-60-43-51(71(7,8)9)33-40-63(60)76(64(58)47-57)54-26-20-16-21-27-54)66-46-53(72(10,11)12)44-61(68(66)74)73(13,14)52-34-41-67(78)65(45-52)77(55-28-22-17-23-29-55)62-39-32-50(70(4,5)6)42-59(62)48-24-18-15-19-25-48/h15-47,78H,1-14H3. The van der Waals surface area contributed by atoms with Crippen molar-refractivity contribution in [3.63, 3.8) is 0 Å². The minimum Gasteiger partial charge on any atom is -0.506 e. The Labute approximate surface area is 473 Å². The fourth-order valence-corrected chi connectivity index (χ4v) is 11.8. The van der Waals surface area contributed by atoms with Gasteiger partial charge < -0.3 is 19.5 Å². The first-order valence-electron chi connectivity index (χ1n) is 27.6. The highest BCUT2D eigenvalue weighted by atomic mass is 79.9. The second-order valence-corrected chi connectivity index (χ2v) is 26.7. The molecule has 0 saturated carbocycles. The van der Waals surface area contributed by atoms with E-state index in [-0.39, 0.29) is 27.4 Å². The van der Waals surface area contributed by atoms with Crippen molar-refractivity contribution in [2.24, 2.45) is 0 Å². The average molecular weight is 1090 g/mol. The molecule has 4 nitrogen and oxygen atoms in total. The van der Waals surface area contributed by atoms with Crippen LogP contribution in [0.1, 0.15) is 130 Å². The number of anilines is 6. The lowest BCUT2D eigenvalue weighted by molar-refractivity contribution is 0.475. The van der Waals surface area contributed by atoms with Crippen LogP contribution in [0.15, 0.2) is 205 Å². The van der Waals surface area contributed by atoms with E-state index in [4.69, 9.17) is 0 Å². The maximum absolute atomic E-state index is 12.3. The summed E-state index contributed by atoms with van der Waals surface area (Å²) in [6.45, 7) is 32.0. The van der Waals surface area contributed by atoms with Gasteiger partial charge in [0, 0.05) is 49.0 Å². The highest BCUT2D eigenvalue weighted by Crippen LogP contribution is 2.51. The van der Waals surface area contributed by atoms with E-state index in [2.05, 4.69) is 315 Å². The second kappa shape index (κ2) is 20.2. The quantitative estimate of drug-likeness (QED) is 0.148. The third kappa shape index (κ3) is 10.3. The van der Waals surface area contributed by atoms with Crippen LogP contribution in [0.2, 0.25) is 0 Å². The Morgan fingerprint density at radius 3 is 1.50 bits per heavy atom. The van der Waals surface area contributed by atoms with E-state index in [9.17, 15) is 5.11 Å². The molecule has 1 aromatic heterocycles. The van der Waals surface area contributed by atoms with Crippen LogP contribution in [-0.4, -0.2) is 9.67 Å². The molecule has 1 N–H and O–H groups in total. The van der Waals surface area contributed by atoms with Crippen molar-refractivity contribution in [1.29, 1.82) is 0 Å². The summed E-state index contributed by atoms with van der Waals surface area (Å²) < 4.78 is 3.43. The van der Waals surface area contributed by atoms with E-state index in [1.165, 1.54) is 38.5 Å². The summed E-state index contributed by atoms with van der Waals surface area (Å²) in [5.41, 5.74) is 17.8. The second-order valence-electron chi connectivity index (χ2n) is 25.9. The number of benzene rings is 9. The highest BCUT2D eigenvalue weighted by molar-refractivity contribution is 9.10. The van der Waals surface area contributed by atoms with Gasteiger partial charge in [-0.15, -0.1) is 0 Å². The number of hydrogen-bond acceptors (Lipinski definition) is 3. The molecule has 0 atom stereocenters. The summed E-state index contributed by atoms with van der Waals surface area (Å²) in [6.07, 6.45) is 0. The molecule has 10 rings (SSSR count). The molecule has 0 saturated heterocycles. The van der Waals surface area contributed by atoms with Gasteiger partial charge in [0.15, 0.2) is 0 Å². The fraction of sp³-hybridized carbons (Fsp3) is 0.260. The Morgan fingerprint density at radius 2 is 0.885 bits per heavy atom. The van der Waals surface area contributed by atoms with Crippen LogP contribution in [0, 0.1) is 0 Å². The molecular formula is C73H76BrN3O. The minimum atomic E-state index is -0.589. The molecule has 0 radical (unpaired) electrons. The zero-order valence-electron chi connectivity index (χ0n) is 48.2. The van der Waals surface area contributed by atoms with Gasteiger partial charge in [0.1, 0.15) is 5.75 Å². The molecule has 396 valence electrons. The van der Waals surface area contributed by atoms with E-state index >= 15 is 0 Å². The number of hydrogen-bond donors (Lipinski definition) is 1. The van der Waals surface area contributed by atoms with Crippen molar-refractivity contribution >= 4 is 71.9 Å². The van der Waals surface area contributed by atoms with Gasteiger partial charge in [-0.25, -0.2) is 0 Å². The SMILES string of the molecule is CC(C)(C)c1ccc(N(c2ccc3c4cc(C(C)(C)C)ccc4n(-c4ccccc4)c3c2)c2cc(C(C)(C)C)cc(C(C)(C)c3ccc(O)c(N(c4ccccc4)c4ccc(C(C)(C)C)cc4-c4ccccc4)c3)c2Br)cc1. The summed E-state index contributed by atoms with van der Waals surface area (Å²) in [5, 5.41) is 14.7. The first-order valence-corrected chi connectivity index (χ1v) is 28.4. The summed E-state index contributed by atoms with van der Waals surface area (Å²) in [5.74, 6) is 0.198.